The van der Waals surface area contributed by atoms with E-state index in [0.717, 1.165) is 41.1 Å². The summed E-state index contributed by atoms with van der Waals surface area (Å²) < 4.78 is 7.31. The number of fused-ring (bicyclic) bond motifs is 1. The van der Waals surface area contributed by atoms with Gasteiger partial charge in [0.05, 0.1) is 30.1 Å². The van der Waals surface area contributed by atoms with Gasteiger partial charge in [0.1, 0.15) is 26.6 Å². The zero-order chi connectivity index (χ0) is 21.0. The number of quaternary nitrogens is 1. The Labute approximate surface area is 199 Å². The molecule has 12 heteroatoms. The molecule has 31 heavy (non-hydrogen) atoms. The van der Waals surface area contributed by atoms with Gasteiger partial charge in [-0.15, -0.1) is 0 Å². The average Bonchev–Trinajstić information content (AvgIpc) is 3.36. The lowest BCUT2D eigenvalue weighted by atomic mass is 10.3. The van der Waals surface area contributed by atoms with Gasteiger partial charge in [0, 0.05) is 17.0 Å². The maximum Gasteiger partial charge on any atom is 0.265 e. The Kier molecular flexibility index (Phi) is 8.48. The third-order valence-electron chi connectivity index (χ3n) is 5.11. The number of hydrogen-bond donors (Lipinski definition) is 2. The summed E-state index contributed by atoms with van der Waals surface area (Å²) in [4.78, 5) is 28.5. The van der Waals surface area contributed by atoms with Gasteiger partial charge in [-0.3, -0.25) is 22.8 Å². The molecule has 1 aromatic carbocycles. The van der Waals surface area contributed by atoms with Crippen molar-refractivity contribution in [3.63, 3.8) is 0 Å². The first-order valence-electron chi connectivity index (χ1n) is 9.53. The second-order valence-corrected chi connectivity index (χ2v) is 9.48. The number of aromatic nitrogens is 2. The maximum atomic E-state index is 10.9. The summed E-state index contributed by atoms with van der Waals surface area (Å²) in [5.41, 5.74) is 1.65. The minimum absolute atomic E-state index is 0. The SMILES string of the molecule is ClC=CC[N+]12CN3CN(CN(C3)C1)C2.O=c1[nH]sc2ccccc12.O=c1ccs[nH]1.[Cl-]. The van der Waals surface area contributed by atoms with Gasteiger partial charge in [0.25, 0.3) is 11.1 Å². The standard InChI is InChI=1S/C9H16ClN4.C7H5NOS.C3H3NOS.ClH/c10-2-1-3-14-7-11-4-12(8-14)6-13(5-11)9-14;9-7-5-3-1-2-4-6(5)10-8-7;5-3-1-2-6-4-3;/h1-2H,3-9H2;1-4H,(H,8,9);1-2H,(H,4,5);1H/q+1;;;/p-1. The van der Waals surface area contributed by atoms with Crippen molar-refractivity contribution in [3.8, 4) is 0 Å². The predicted molar refractivity (Wildman–Crippen MR) is 122 cm³/mol. The van der Waals surface area contributed by atoms with Gasteiger partial charge in [-0.05, 0) is 18.2 Å². The highest BCUT2D eigenvalue weighted by Gasteiger charge is 2.47. The molecule has 0 spiro atoms. The lowest BCUT2D eigenvalue weighted by Gasteiger charge is -2.60. The van der Waals surface area contributed by atoms with Gasteiger partial charge in [0.2, 0.25) is 0 Å². The molecular weight excluding hydrogens is 479 g/mol. The van der Waals surface area contributed by atoms with Crippen LogP contribution in [0, 0.1) is 0 Å². The molecule has 0 aliphatic carbocycles. The van der Waals surface area contributed by atoms with Gasteiger partial charge < -0.3 is 12.4 Å². The summed E-state index contributed by atoms with van der Waals surface area (Å²) in [6, 6.07) is 9.03. The number of benzene rings is 1. The fourth-order valence-electron chi connectivity index (χ4n) is 4.22. The third-order valence-corrected chi connectivity index (χ3v) is 6.75. The summed E-state index contributed by atoms with van der Waals surface area (Å²) in [5, 5.41) is 2.50. The molecule has 4 bridgehead atoms. The van der Waals surface area contributed by atoms with Gasteiger partial charge >= 0.3 is 0 Å². The zero-order valence-electron chi connectivity index (χ0n) is 16.7. The van der Waals surface area contributed by atoms with Crippen LogP contribution in [0.25, 0.3) is 10.1 Å². The van der Waals surface area contributed by atoms with Gasteiger partial charge in [-0.25, -0.2) is 14.7 Å². The molecule has 4 aliphatic rings. The molecule has 6 heterocycles. The van der Waals surface area contributed by atoms with Crippen molar-refractivity contribution >= 4 is 44.8 Å². The molecule has 8 nitrogen and oxygen atoms in total. The van der Waals surface area contributed by atoms with Crippen molar-refractivity contribution in [1.29, 1.82) is 0 Å². The van der Waals surface area contributed by atoms with Crippen LogP contribution >= 0.6 is 34.7 Å². The van der Waals surface area contributed by atoms with Crippen LogP contribution in [0.15, 0.2) is 56.9 Å². The number of H-pyrrole nitrogens is 2. The van der Waals surface area contributed by atoms with Crippen LogP contribution in [-0.2, 0) is 0 Å². The molecule has 0 amide bonds. The first kappa shape index (κ1) is 24.1. The molecule has 4 saturated heterocycles. The van der Waals surface area contributed by atoms with Gasteiger partial charge in [-0.2, -0.15) is 0 Å². The maximum absolute atomic E-state index is 10.9. The molecule has 0 radical (unpaired) electrons. The lowest BCUT2D eigenvalue weighted by molar-refractivity contribution is -0.975. The monoisotopic (exact) mass is 502 g/mol. The fraction of sp³-hybridized carbons (Fsp3) is 0.368. The van der Waals surface area contributed by atoms with Crippen molar-refractivity contribution in [1.82, 2.24) is 23.4 Å². The molecule has 2 N–H and O–H groups in total. The van der Waals surface area contributed by atoms with E-state index in [-0.39, 0.29) is 23.5 Å². The number of hydrogen-bond acceptors (Lipinski definition) is 7. The largest absolute Gasteiger partial charge is 1.00 e. The highest BCUT2D eigenvalue weighted by molar-refractivity contribution is 7.13. The Morgan fingerprint density at radius 2 is 1.65 bits per heavy atom. The molecule has 2 aromatic heterocycles. The topological polar surface area (TPSA) is 75.4 Å². The lowest BCUT2D eigenvalue weighted by Crippen LogP contribution is -3.00. The summed E-state index contributed by atoms with van der Waals surface area (Å²) in [6.07, 6.45) is 2.08. The van der Waals surface area contributed by atoms with Crippen molar-refractivity contribution in [2.24, 2.45) is 0 Å². The zero-order valence-corrected chi connectivity index (χ0v) is 19.9. The quantitative estimate of drug-likeness (QED) is 0.452. The molecule has 4 aliphatic heterocycles. The number of nitrogens with one attached hydrogen (secondary N) is 2. The Bertz CT molecular complexity index is 1060. The number of nitrogens with zero attached hydrogens (tertiary/aromatic N) is 4. The van der Waals surface area contributed by atoms with Crippen molar-refractivity contribution in [2.75, 3.05) is 46.6 Å². The van der Waals surface area contributed by atoms with Crippen LogP contribution in [0.4, 0.5) is 0 Å². The average molecular weight is 503 g/mol. The molecule has 0 saturated carbocycles. The molecule has 168 valence electrons. The minimum Gasteiger partial charge on any atom is -1.00 e. The molecule has 0 atom stereocenters. The van der Waals surface area contributed by atoms with Crippen molar-refractivity contribution < 1.29 is 16.9 Å². The third kappa shape index (κ3) is 6.05. The highest BCUT2D eigenvalue weighted by atomic mass is 35.5. The molecule has 0 unspecified atom stereocenters. The van der Waals surface area contributed by atoms with E-state index >= 15 is 0 Å². The fourth-order valence-corrected chi connectivity index (χ4v) is 5.47. The van der Waals surface area contributed by atoms with E-state index in [4.69, 9.17) is 11.6 Å². The summed E-state index contributed by atoms with van der Waals surface area (Å²) in [7, 11) is 0. The van der Waals surface area contributed by atoms with Crippen LogP contribution in [0.3, 0.4) is 0 Å². The van der Waals surface area contributed by atoms with E-state index in [1.54, 1.807) is 10.9 Å². The molecule has 4 fully saturated rings. The number of rotatable bonds is 2. The van der Waals surface area contributed by atoms with Crippen molar-refractivity contribution in [2.45, 2.75) is 0 Å². The number of halogens is 2. The number of aromatic amines is 2. The predicted octanol–water partition coefficient (Wildman–Crippen LogP) is -0.722. The van der Waals surface area contributed by atoms with Crippen LogP contribution in [0.1, 0.15) is 0 Å². The molecule has 3 aromatic rings. The van der Waals surface area contributed by atoms with Crippen LogP contribution < -0.4 is 23.5 Å². The normalized spacial score (nSPS) is 27.8. The Hall–Kier alpha value is -1.50. The van der Waals surface area contributed by atoms with Gasteiger partial charge in [0.15, 0.2) is 0 Å². The first-order valence-corrected chi connectivity index (χ1v) is 11.7. The molecule has 7 rings (SSSR count). The van der Waals surface area contributed by atoms with E-state index < -0.39 is 0 Å². The highest BCUT2D eigenvalue weighted by Crippen LogP contribution is 2.28. The van der Waals surface area contributed by atoms with E-state index in [2.05, 4.69) is 29.5 Å². The van der Waals surface area contributed by atoms with E-state index in [9.17, 15) is 9.59 Å². The Morgan fingerprint density at radius 1 is 1.00 bits per heavy atom. The first-order chi connectivity index (χ1) is 14.6. The summed E-state index contributed by atoms with van der Waals surface area (Å²) >= 11 is 8.29. The van der Waals surface area contributed by atoms with Crippen LogP contribution in [0.2, 0.25) is 0 Å². The van der Waals surface area contributed by atoms with Crippen molar-refractivity contribution in [3.05, 3.63) is 68.0 Å². The Balaban J connectivity index is 0.000000141. The van der Waals surface area contributed by atoms with Crippen LogP contribution in [-0.4, -0.2) is 74.5 Å². The van der Waals surface area contributed by atoms with Crippen LogP contribution in [0.5, 0.6) is 0 Å². The second kappa shape index (κ2) is 10.9. The van der Waals surface area contributed by atoms with E-state index in [1.165, 1.54) is 49.1 Å². The Morgan fingerprint density at radius 3 is 2.13 bits per heavy atom. The minimum atomic E-state index is -0.0139. The molecular formula is C19H24Cl2N6O2S2. The van der Waals surface area contributed by atoms with Gasteiger partial charge in [-0.1, -0.05) is 46.8 Å². The smallest absolute Gasteiger partial charge is 0.265 e. The van der Waals surface area contributed by atoms with E-state index in [1.807, 2.05) is 24.3 Å². The second-order valence-electron chi connectivity index (χ2n) is 7.66. The summed E-state index contributed by atoms with van der Waals surface area (Å²) in [5.74, 6) is 0. The van der Waals surface area contributed by atoms with E-state index in [0.29, 0.717) is 0 Å². The summed E-state index contributed by atoms with van der Waals surface area (Å²) in [6.45, 7) is 8.09.